The maximum absolute atomic E-state index is 11.8. The minimum absolute atomic E-state index is 0.465. The second kappa shape index (κ2) is 8.55. The highest BCUT2D eigenvalue weighted by atomic mass is 16.6. The summed E-state index contributed by atoms with van der Waals surface area (Å²) in [5.74, 6) is 1.91. The van der Waals surface area contributed by atoms with Crippen LogP contribution in [0, 0.1) is 0 Å². The summed E-state index contributed by atoms with van der Waals surface area (Å²) in [6, 6.07) is 26.4. The summed E-state index contributed by atoms with van der Waals surface area (Å²) in [6.07, 6.45) is 0.299. The third kappa shape index (κ3) is 5.39. The molecule has 0 heterocycles. The van der Waals surface area contributed by atoms with E-state index in [9.17, 15) is 4.79 Å². The van der Waals surface area contributed by atoms with Crippen LogP contribution in [0.15, 0.2) is 84.9 Å². The van der Waals surface area contributed by atoms with Gasteiger partial charge in [0.05, 0.1) is 0 Å². The number of nitrogens with one attached hydrogen (secondary N) is 1. The van der Waals surface area contributed by atoms with E-state index in [1.54, 1.807) is 24.3 Å². The van der Waals surface area contributed by atoms with Crippen molar-refractivity contribution in [2.75, 3.05) is 6.54 Å². The van der Waals surface area contributed by atoms with Crippen molar-refractivity contribution in [1.82, 2.24) is 5.32 Å². The molecule has 0 bridgehead atoms. The van der Waals surface area contributed by atoms with E-state index in [0.717, 1.165) is 12.2 Å². The van der Waals surface area contributed by atoms with Crippen LogP contribution < -0.4 is 14.8 Å². The molecule has 1 amide bonds. The Morgan fingerprint density at radius 2 is 1.28 bits per heavy atom. The van der Waals surface area contributed by atoms with Crippen molar-refractivity contribution in [2.24, 2.45) is 0 Å². The zero-order valence-electron chi connectivity index (χ0n) is 13.7. The van der Waals surface area contributed by atoms with Gasteiger partial charge in [0.2, 0.25) is 0 Å². The molecule has 0 saturated carbocycles. The molecule has 0 saturated heterocycles. The van der Waals surface area contributed by atoms with Crippen molar-refractivity contribution < 1.29 is 14.3 Å². The van der Waals surface area contributed by atoms with Gasteiger partial charge in [0, 0.05) is 6.54 Å². The first-order valence-corrected chi connectivity index (χ1v) is 8.12. The fraction of sp³-hybridized carbons (Fsp3) is 0.0952. The van der Waals surface area contributed by atoms with Gasteiger partial charge in [0.25, 0.3) is 0 Å². The van der Waals surface area contributed by atoms with E-state index in [0.29, 0.717) is 18.0 Å². The van der Waals surface area contributed by atoms with Crippen LogP contribution in [-0.2, 0) is 6.42 Å². The number of para-hydroxylation sites is 1. The van der Waals surface area contributed by atoms with Crippen LogP contribution in [-0.4, -0.2) is 12.6 Å². The molecular formula is C21H19NO3. The number of carbonyl (C=O) groups is 1. The summed E-state index contributed by atoms with van der Waals surface area (Å²) in [5.41, 5.74) is 1.17. The van der Waals surface area contributed by atoms with Crippen LogP contribution in [0.4, 0.5) is 4.79 Å². The minimum Gasteiger partial charge on any atom is -0.457 e. The Morgan fingerprint density at radius 1 is 0.720 bits per heavy atom. The first-order valence-electron chi connectivity index (χ1n) is 8.12. The summed E-state index contributed by atoms with van der Waals surface area (Å²) < 4.78 is 10.9. The first kappa shape index (κ1) is 16.6. The van der Waals surface area contributed by atoms with E-state index >= 15 is 0 Å². The molecule has 0 aliphatic rings. The molecule has 25 heavy (non-hydrogen) atoms. The van der Waals surface area contributed by atoms with Gasteiger partial charge in [-0.25, -0.2) is 4.79 Å². The lowest BCUT2D eigenvalue weighted by Gasteiger charge is -2.08. The molecule has 0 aliphatic heterocycles. The van der Waals surface area contributed by atoms with Gasteiger partial charge in [0.1, 0.15) is 17.2 Å². The van der Waals surface area contributed by atoms with Gasteiger partial charge < -0.3 is 14.8 Å². The van der Waals surface area contributed by atoms with Gasteiger partial charge in [-0.15, -0.1) is 0 Å². The largest absolute Gasteiger partial charge is 0.457 e. The summed E-state index contributed by atoms with van der Waals surface area (Å²) in [5, 5.41) is 2.74. The third-order valence-corrected chi connectivity index (χ3v) is 3.54. The van der Waals surface area contributed by atoms with E-state index in [4.69, 9.17) is 9.47 Å². The van der Waals surface area contributed by atoms with Crippen LogP contribution >= 0.6 is 0 Å². The van der Waals surface area contributed by atoms with E-state index in [1.165, 1.54) is 5.56 Å². The SMILES string of the molecule is O=C(NCCc1ccccc1)Oc1ccc(Oc2ccccc2)cc1. The van der Waals surface area contributed by atoms with Crippen LogP contribution in [0.1, 0.15) is 5.56 Å². The van der Waals surface area contributed by atoms with Crippen molar-refractivity contribution in [1.29, 1.82) is 0 Å². The highest BCUT2D eigenvalue weighted by molar-refractivity contribution is 5.70. The lowest BCUT2D eigenvalue weighted by Crippen LogP contribution is -2.28. The molecule has 3 aromatic rings. The Morgan fingerprint density at radius 3 is 1.96 bits per heavy atom. The average molecular weight is 333 g/mol. The van der Waals surface area contributed by atoms with Crippen molar-refractivity contribution in [2.45, 2.75) is 6.42 Å². The molecule has 0 unspecified atom stereocenters. The molecule has 0 aromatic heterocycles. The molecule has 1 N–H and O–H groups in total. The molecule has 3 aromatic carbocycles. The predicted octanol–water partition coefficient (Wildman–Crippen LogP) is 4.81. The van der Waals surface area contributed by atoms with Crippen LogP contribution in [0.5, 0.6) is 17.2 Å². The van der Waals surface area contributed by atoms with Gasteiger partial charge in [-0.05, 0) is 48.4 Å². The van der Waals surface area contributed by atoms with Gasteiger partial charge in [-0.3, -0.25) is 0 Å². The van der Waals surface area contributed by atoms with E-state index in [2.05, 4.69) is 5.32 Å². The van der Waals surface area contributed by atoms with Gasteiger partial charge in [0.15, 0.2) is 0 Å². The highest BCUT2D eigenvalue weighted by Gasteiger charge is 2.04. The fourth-order valence-electron chi connectivity index (χ4n) is 2.30. The third-order valence-electron chi connectivity index (χ3n) is 3.54. The summed E-state index contributed by atoms with van der Waals surface area (Å²) in [4.78, 5) is 11.8. The lowest BCUT2D eigenvalue weighted by molar-refractivity contribution is 0.200. The fourth-order valence-corrected chi connectivity index (χ4v) is 2.30. The van der Waals surface area contributed by atoms with Crippen molar-refractivity contribution >= 4 is 6.09 Å². The van der Waals surface area contributed by atoms with Gasteiger partial charge >= 0.3 is 6.09 Å². The molecule has 4 heteroatoms. The number of hydrogen-bond donors (Lipinski definition) is 1. The second-order valence-electron chi connectivity index (χ2n) is 5.44. The number of ether oxygens (including phenoxy) is 2. The molecule has 0 atom stereocenters. The van der Waals surface area contributed by atoms with Crippen LogP contribution in [0.25, 0.3) is 0 Å². The first-order chi connectivity index (χ1) is 12.3. The Kier molecular flexibility index (Phi) is 5.67. The Bertz CT molecular complexity index is 786. The van der Waals surface area contributed by atoms with Gasteiger partial charge in [-0.2, -0.15) is 0 Å². The second-order valence-corrected chi connectivity index (χ2v) is 5.44. The van der Waals surface area contributed by atoms with Crippen LogP contribution in [0.3, 0.4) is 0 Å². The van der Waals surface area contributed by atoms with Crippen molar-refractivity contribution in [3.63, 3.8) is 0 Å². The zero-order valence-corrected chi connectivity index (χ0v) is 13.7. The summed E-state index contributed by atoms with van der Waals surface area (Å²) in [7, 11) is 0. The van der Waals surface area contributed by atoms with E-state index < -0.39 is 6.09 Å². The maximum Gasteiger partial charge on any atom is 0.412 e. The van der Waals surface area contributed by atoms with Gasteiger partial charge in [-0.1, -0.05) is 48.5 Å². The topological polar surface area (TPSA) is 47.6 Å². The smallest absolute Gasteiger partial charge is 0.412 e. The molecule has 0 radical (unpaired) electrons. The molecule has 3 rings (SSSR count). The number of carbonyl (C=O) groups excluding carboxylic acids is 1. The normalized spacial score (nSPS) is 10.1. The molecule has 126 valence electrons. The number of amides is 1. The van der Waals surface area contributed by atoms with Crippen molar-refractivity contribution in [3.05, 3.63) is 90.5 Å². The minimum atomic E-state index is -0.465. The predicted molar refractivity (Wildman–Crippen MR) is 97.1 cm³/mol. The Balaban J connectivity index is 1.45. The molecule has 4 nitrogen and oxygen atoms in total. The molecule has 0 aliphatic carbocycles. The monoisotopic (exact) mass is 333 g/mol. The number of hydrogen-bond acceptors (Lipinski definition) is 3. The van der Waals surface area contributed by atoms with Crippen molar-refractivity contribution in [3.8, 4) is 17.2 Å². The zero-order chi connectivity index (χ0) is 17.3. The van der Waals surface area contributed by atoms with E-state index in [1.807, 2.05) is 60.7 Å². The Hall–Kier alpha value is -3.27. The summed E-state index contributed by atoms with van der Waals surface area (Å²) >= 11 is 0. The number of benzene rings is 3. The standard InChI is InChI=1S/C21H19NO3/c23-21(22-16-15-17-7-3-1-4-8-17)25-20-13-11-19(12-14-20)24-18-9-5-2-6-10-18/h1-14H,15-16H2,(H,22,23). The maximum atomic E-state index is 11.8. The lowest BCUT2D eigenvalue weighted by atomic mass is 10.1. The highest BCUT2D eigenvalue weighted by Crippen LogP contribution is 2.23. The quantitative estimate of drug-likeness (QED) is 0.704. The van der Waals surface area contributed by atoms with Crippen LogP contribution in [0.2, 0.25) is 0 Å². The molecule has 0 fully saturated rings. The Labute approximate surface area is 147 Å². The number of rotatable bonds is 6. The molecular weight excluding hydrogens is 314 g/mol. The molecule has 0 spiro atoms. The van der Waals surface area contributed by atoms with E-state index in [-0.39, 0.29) is 0 Å². The summed E-state index contributed by atoms with van der Waals surface area (Å²) in [6.45, 7) is 0.526. The average Bonchev–Trinajstić information content (AvgIpc) is 2.65.